The molecule has 0 saturated heterocycles. The summed E-state index contributed by atoms with van der Waals surface area (Å²) >= 11 is 0. The molecule has 0 aliphatic rings. The van der Waals surface area contributed by atoms with Gasteiger partial charge in [0.25, 0.3) is 11.6 Å². The Kier molecular flexibility index (Phi) is 5.09. The molecule has 0 saturated carbocycles. The minimum absolute atomic E-state index is 0.00606. The molecular weight excluding hydrogens is 284 g/mol. The number of nitrogens with zero attached hydrogens (tertiary/aromatic N) is 3. The molecule has 0 aliphatic heterocycles. The molecule has 0 radical (unpaired) electrons. The van der Waals surface area contributed by atoms with Crippen molar-refractivity contribution in [1.29, 1.82) is 0 Å². The SMILES string of the molecule is O=C(NN=C/C=C/c1ccccc1[N+](=O)[O-])c1cccnc1. The number of hydrazone groups is 1. The maximum Gasteiger partial charge on any atom is 0.276 e. The van der Waals surface area contributed by atoms with Crippen LogP contribution in [-0.2, 0) is 0 Å². The number of hydrogen-bond acceptors (Lipinski definition) is 5. The molecule has 0 spiro atoms. The van der Waals surface area contributed by atoms with Crippen molar-refractivity contribution in [2.24, 2.45) is 5.10 Å². The molecule has 0 aliphatic carbocycles. The van der Waals surface area contributed by atoms with Crippen LogP contribution in [0.1, 0.15) is 15.9 Å². The molecule has 7 heteroatoms. The molecule has 2 rings (SSSR count). The maximum atomic E-state index is 11.6. The number of para-hydroxylation sites is 1. The molecule has 22 heavy (non-hydrogen) atoms. The van der Waals surface area contributed by atoms with E-state index in [1.54, 1.807) is 36.5 Å². The van der Waals surface area contributed by atoms with Crippen LogP contribution in [0.2, 0.25) is 0 Å². The number of nitrogens with one attached hydrogen (secondary N) is 1. The van der Waals surface area contributed by atoms with Crippen LogP contribution in [0, 0.1) is 10.1 Å². The van der Waals surface area contributed by atoms with Crippen LogP contribution in [0.5, 0.6) is 0 Å². The van der Waals surface area contributed by atoms with E-state index in [2.05, 4.69) is 15.5 Å². The molecular formula is C15H12N4O3. The second kappa shape index (κ2) is 7.44. The Morgan fingerprint density at radius 2 is 2.09 bits per heavy atom. The number of pyridine rings is 1. The van der Waals surface area contributed by atoms with Crippen LogP contribution in [-0.4, -0.2) is 22.0 Å². The first-order valence-corrected chi connectivity index (χ1v) is 6.32. The van der Waals surface area contributed by atoms with E-state index in [9.17, 15) is 14.9 Å². The number of hydrogen-bond donors (Lipinski definition) is 1. The summed E-state index contributed by atoms with van der Waals surface area (Å²) < 4.78 is 0. The zero-order valence-corrected chi connectivity index (χ0v) is 11.4. The molecule has 2 aromatic rings. The van der Waals surface area contributed by atoms with Gasteiger partial charge in [-0.3, -0.25) is 19.9 Å². The number of rotatable bonds is 5. The Morgan fingerprint density at radius 3 is 2.82 bits per heavy atom. The Bertz CT molecular complexity index is 727. The number of carbonyl (C=O) groups excluding carboxylic acids is 1. The van der Waals surface area contributed by atoms with E-state index in [0.29, 0.717) is 11.1 Å². The third kappa shape index (κ3) is 4.07. The van der Waals surface area contributed by atoms with Crippen LogP contribution in [0.4, 0.5) is 5.69 Å². The van der Waals surface area contributed by atoms with Gasteiger partial charge in [-0.1, -0.05) is 12.1 Å². The lowest BCUT2D eigenvalue weighted by Crippen LogP contribution is -2.17. The fourth-order valence-corrected chi connectivity index (χ4v) is 1.64. The molecule has 0 bridgehead atoms. The average molecular weight is 296 g/mol. The van der Waals surface area contributed by atoms with Gasteiger partial charge in [-0.25, -0.2) is 5.43 Å². The summed E-state index contributed by atoms with van der Waals surface area (Å²) in [6.07, 6.45) is 7.37. The molecule has 1 amide bonds. The van der Waals surface area contributed by atoms with Crippen LogP contribution in [0.15, 0.2) is 60.0 Å². The van der Waals surface area contributed by atoms with Gasteiger partial charge in [0.05, 0.1) is 16.1 Å². The highest BCUT2D eigenvalue weighted by Gasteiger charge is 2.08. The van der Waals surface area contributed by atoms with Gasteiger partial charge in [-0.2, -0.15) is 5.10 Å². The van der Waals surface area contributed by atoms with E-state index in [1.807, 2.05) is 0 Å². The number of nitro benzene ring substituents is 1. The van der Waals surface area contributed by atoms with Gasteiger partial charge >= 0.3 is 0 Å². The summed E-state index contributed by atoms with van der Waals surface area (Å²) in [4.78, 5) is 25.8. The highest BCUT2D eigenvalue weighted by molar-refractivity contribution is 5.94. The topological polar surface area (TPSA) is 97.5 Å². The molecule has 1 N–H and O–H groups in total. The van der Waals surface area contributed by atoms with Crippen molar-refractivity contribution < 1.29 is 9.72 Å². The molecule has 0 unspecified atom stereocenters. The first-order valence-electron chi connectivity index (χ1n) is 6.32. The Balaban J connectivity index is 1.96. The van der Waals surface area contributed by atoms with E-state index in [1.165, 1.54) is 30.6 Å². The van der Waals surface area contributed by atoms with Crippen molar-refractivity contribution in [3.05, 3.63) is 76.1 Å². The normalized spacial score (nSPS) is 10.9. The van der Waals surface area contributed by atoms with Crippen LogP contribution in [0.25, 0.3) is 6.08 Å². The summed E-state index contributed by atoms with van der Waals surface area (Å²) in [6, 6.07) is 9.59. The first-order chi connectivity index (χ1) is 10.7. The van der Waals surface area contributed by atoms with Gasteiger partial charge in [0, 0.05) is 24.7 Å². The second-order valence-corrected chi connectivity index (χ2v) is 4.14. The van der Waals surface area contributed by atoms with Crippen molar-refractivity contribution in [2.45, 2.75) is 0 Å². The maximum absolute atomic E-state index is 11.6. The first kappa shape index (κ1) is 15.0. The van der Waals surface area contributed by atoms with Crippen molar-refractivity contribution in [3.63, 3.8) is 0 Å². The number of benzene rings is 1. The van der Waals surface area contributed by atoms with E-state index >= 15 is 0 Å². The fourth-order valence-electron chi connectivity index (χ4n) is 1.64. The van der Waals surface area contributed by atoms with E-state index in [0.717, 1.165) is 0 Å². The van der Waals surface area contributed by atoms with E-state index in [-0.39, 0.29) is 11.6 Å². The second-order valence-electron chi connectivity index (χ2n) is 4.14. The summed E-state index contributed by atoms with van der Waals surface area (Å²) in [7, 11) is 0. The van der Waals surface area contributed by atoms with E-state index < -0.39 is 4.92 Å². The van der Waals surface area contributed by atoms with Gasteiger partial charge in [-0.15, -0.1) is 0 Å². The summed E-state index contributed by atoms with van der Waals surface area (Å²) in [5, 5.41) is 14.6. The monoisotopic (exact) mass is 296 g/mol. The smallest absolute Gasteiger partial charge is 0.267 e. The Morgan fingerprint density at radius 1 is 1.27 bits per heavy atom. The molecule has 0 atom stereocenters. The highest BCUT2D eigenvalue weighted by Crippen LogP contribution is 2.18. The van der Waals surface area contributed by atoms with Gasteiger partial charge in [-0.05, 0) is 30.4 Å². The van der Waals surface area contributed by atoms with Gasteiger partial charge in [0.1, 0.15) is 0 Å². The van der Waals surface area contributed by atoms with Gasteiger partial charge in [0.15, 0.2) is 0 Å². The number of nitro groups is 1. The fraction of sp³-hybridized carbons (Fsp3) is 0. The van der Waals surface area contributed by atoms with Crippen molar-refractivity contribution in [3.8, 4) is 0 Å². The minimum atomic E-state index is -0.457. The average Bonchev–Trinajstić information content (AvgIpc) is 2.55. The molecule has 110 valence electrons. The largest absolute Gasteiger partial charge is 0.276 e. The molecule has 1 heterocycles. The van der Waals surface area contributed by atoms with Gasteiger partial charge in [0.2, 0.25) is 0 Å². The van der Waals surface area contributed by atoms with Crippen molar-refractivity contribution >= 4 is 23.9 Å². The quantitative estimate of drug-likeness (QED) is 0.520. The van der Waals surface area contributed by atoms with Gasteiger partial charge < -0.3 is 0 Å². The minimum Gasteiger partial charge on any atom is -0.267 e. The summed E-state index contributed by atoms with van der Waals surface area (Å²) in [5.41, 5.74) is 3.18. The Labute approximate surface area is 126 Å². The number of amides is 1. The zero-order chi connectivity index (χ0) is 15.8. The third-order valence-electron chi connectivity index (χ3n) is 2.66. The highest BCUT2D eigenvalue weighted by atomic mass is 16.6. The molecule has 1 aromatic carbocycles. The number of carbonyl (C=O) groups is 1. The number of aromatic nitrogens is 1. The third-order valence-corrected chi connectivity index (χ3v) is 2.66. The predicted octanol–water partition coefficient (Wildman–Crippen LogP) is 2.42. The number of allylic oxidation sites excluding steroid dienone is 1. The molecule has 7 nitrogen and oxygen atoms in total. The van der Waals surface area contributed by atoms with Crippen LogP contribution < -0.4 is 5.43 Å². The van der Waals surface area contributed by atoms with E-state index in [4.69, 9.17) is 0 Å². The standard InChI is InChI=1S/C15H12N4O3/c20-15(13-7-3-9-16-11-13)18-17-10-4-6-12-5-1-2-8-14(12)19(21)22/h1-11H,(H,18,20)/b6-4+,17-10?. The lowest BCUT2D eigenvalue weighted by Gasteiger charge is -1.97. The van der Waals surface area contributed by atoms with Crippen molar-refractivity contribution in [1.82, 2.24) is 10.4 Å². The van der Waals surface area contributed by atoms with Crippen molar-refractivity contribution in [2.75, 3.05) is 0 Å². The lowest BCUT2D eigenvalue weighted by atomic mass is 10.2. The summed E-state index contributed by atoms with van der Waals surface area (Å²) in [5.74, 6) is -0.386. The zero-order valence-electron chi connectivity index (χ0n) is 11.4. The lowest BCUT2D eigenvalue weighted by molar-refractivity contribution is -0.385. The van der Waals surface area contributed by atoms with Crippen LogP contribution in [0.3, 0.4) is 0 Å². The Hall–Kier alpha value is -3.35. The summed E-state index contributed by atoms with van der Waals surface area (Å²) in [6.45, 7) is 0. The molecule has 1 aromatic heterocycles. The molecule has 0 fully saturated rings. The van der Waals surface area contributed by atoms with Crippen LogP contribution >= 0.6 is 0 Å². The predicted molar refractivity (Wildman–Crippen MR) is 82.3 cm³/mol.